The molecule has 0 aliphatic rings. The summed E-state index contributed by atoms with van der Waals surface area (Å²) in [6, 6.07) is 15.7. The van der Waals surface area contributed by atoms with Crippen LogP contribution >= 0.6 is 23.1 Å². The molecule has 0 aliphatic heterocycles. The van der Waals surface area contributed by atoms with Crippen molar-refractivity contribution in [2.24, 2.45) is 0 Å². The van der Waals surface area contributed by atoms with Crippen molar-refractivity contribution in [2.45, 2.75) is 11.2 Å². The molecule has 2 heterocycles. The Hall–Kier alpha value is -2.56. The number of halogens is 3. The summed E-state index contributed by atoms with van der Waals surface area (Å²) in [5.74, 6) is 0.405. The molecule has 0 saturated heterocycles. The minimum Gasteiger partial charge on any atom is -0.239 e. The van der Waals surface area contributed by atoms with Crippen LogP contribution < -0.4 is 0 Å². The van der Waals surface area contributed by atoms with Crippen molar-refractivity contribution in [1.29, 1.82) is 5.26 Å². The van der Waals surface area contributed by atoms with E-state index in [0.29, 0.717) is 10.6 Å². The largest absolute Gasteiger partial charge is 0.417 e. The molecule has 7 heteroatoms. The Labute approximate surface area is 163 Å². The van der Waals surface area contributed by atoms with Crippen molar-refractivity contribution in [3.63, 3.8) is 0 Å². The van der Waals surface area contributed by atoms with Gasteiger partial charge in [-0.2, -0.15) is 18.4 Å². The fraction of sp³-hybridized carbons (Fsp3) is 0.100. The normalized spacial score (nSPS) is 11.6. The van der Waals surface area contributed by atoms with Gasteiger partial charge in [-0.15, -0.1) is 23.1 Å². The Bertz CT molecular complexity index is 973. The first-order chi connectivity index (χ1) is 13.0. The van der Waals surface area contributed by atoms with Crippen LogP contribution in [0.15, 0.2) is 65.0 Å². The molecule has 0 atom stereocenters. The van der Waals surface area contributed by atoms with E-state index in [9.17, 15) is 18.4 Å². The third kappa shape index (κ3) is 4.79. The number of nitrogens with zero attached hydrogens (tertiary/aromatic N) is 2. The lowest BCUT2D eigenvalue weighted by Gasteiger charge is -2.13. The second-order valence-corrected chi connectivity index (χ2v) is 7.40. The van der Waals surface area contributed by atoms with Crippen LogP contribution in [0.5, 0.6) is 0 Å². The van der Waals surface area contributed by atoms with Crippen LogP contribution in [-0.2, 0) is 6.18 Å². The Morgan fingerprint density at radius 1 is 1.15 bits per heavy atom. The summed E-state index contributed by atoms with van der Waals surface area (Å²) in [6.07, 6.45) is -0.893. The zero-order chi connectivity index (χ0) is 19.3. The number of thiophene rings is 1. The number of thioether (sulfide) groups is 1. The van der Waals surface area contributed by atoms with Gasteiger partial charge in [-0.05, 0) is 23.1 Å². The van der Waals surface area contributed by atoms with Crippen LogP contribution in [0.25, 0.3) is 16.6 Å². The van der Waals surface area contributed by atoms with Gasteiger partial charge >= 0.3 is 6.18 Å². The summed E-state index contributed by atoms with van der Waals surface area (Å²) in [4.78, 5) is 4.95. The van der Waals surface area contributed by atoms with E-state index in [-0.39, 0.29) is 10.7 Å². The van der Waals surface area contributed by atoms with Gasteiger partial charge in [-0.25, -0.2) is 4.98 Å². The van der Waals surface area contributed by atoms with Gasteiger partial charge < -0.3 is 0 Å². The Balaban J connectivity index is 1.92. The third-order valence-electron chi connectivity index (χ3n) is 3.60. The number of aromatic nitrogens is 1. The highest BCUT2D eigenvalue weighted by Gasteiger charge is 2.36. The van der Waals surface area contributed by atoms with Gasteiger partial charge in [0.1, 0.15) is 11.1 Å². The predicted octanol–water partition coefficient (Wildman–Crippen LogP) is 6.51. The van der Waals surface area contributed by atoms with E-state index in [1.807, 2.05) is 42.5 Å². The van der Waals surface area contributed by atoms with Gasteiger partial charge in [-0.1, -0.05) is 48.6 Å². The summed E-state index contributed by atoms with van der Waals surface area (Å²) in [5, 5.41) is 11.2. The standard InChI is InChI=1S/C20H13F3N2S2/c21-20(22,23)16-12-17(18-9-5-10-26-18)25-19(15(16)13-24)27-11-4-8-14-6-2-1-3-7-14/h1-10,12H,11H2. The Morgan fingerprint density at radius 3 is 2.56 bits per heavy atom. The molecule has 0 amide bonds. The molecule has 0 fully saturated rings. The predicted molar refractivity (Wildman–Crippen MR) is 103 cm³/mol. The molecular formula is C20H13F3N2S2. The number of benzene rings is 1. The maximum absolute atomic E-state index is 13.4. The number of alkyl halides is 3. The second kappa shape index (κ2) is 8.42. The van der Waals surface area contributed by atoms with Crippen molar-refractivity contribution in [3.05, 3.63) is 76.7 Å². The van der Waals surface area contributed by atoms with Crippen LogP contribution in [0.4, 0.5) is 13.2 Å². The highest BCUT2D eigenvalue weighted by Crippen LogP contribution is 2.38. The molecule has 0 N–H and O–H groups in total. The zero-order valence-corrected chi connectivity index (χ0v) is 15.5. The first-order valence-corrected chi connectivity index (χ1v) is 9.76. The molecule has 3 aromatic rings. The van der Waals surface area contributed by atoms with E-state index >= 15 is 0 Å². The monoisotopic (exact) mass is 402 g/mol. The number of pyridine rings is 1. The second-order valence-electron chi connectivity index (χ2n) is 5.45. The van der Waals surface area contributed by atoms with E-state index in [0.717, 1.165) is 23.4 Å². The van der Waals surface area contributed by atoms with Gasteiger partial charge in [0, 0.05) is 5.75 Å². The fourth-order valence-electron chi connectivity index (χ4n) is 2.38. The van der Waals surface area contributed by atoms with E-state index in [1.165, 1.54) is 11.3 Å². The first-order valence-electron chi connectivity index (χ1n) is 7.89. The summed E-state index contributed by atoms with van der Waals surface area (Å²) in [5.41, 5.74) is -0.153. The summed E-state index contributed by atoms with van der Waals surface area (Å²) in [7, 11) is 0. The molecule has 0 spiro atoms. The minimum absolute atomic E-state index is 0.0911. The van der Waals surface area contributed by atoms with E-state index < -0.39 is 17.3 Å². The maximum Gasteiger partial charge on any atom is 0.417 e. The van der Waals surface area contributed by atoms with E-state index in [1.54, 1.807) is 23.6 Å². The highest BCUT2D eigenvalue weighted by molar-refractivity contribution is 7.99. The molecule has 3 rings (SSSR count). The van der Waals surface area contributed by atoms with Crippen LogP contribution in [0.2, 0.25) is 0 Å². The maximum atomic E-state index is 13.4. The molecule has 136 valence electrons. The van der Waals surface area contributed by atoms with Crippen LogP contribution in [0.3, 0.4) is 0 Å². The van der Waals surface area contributed by atoms with Crippen LogP contribution in [-0.4, -0.2) is 10.7 Å². The zero-order valence-electron chi connectivity index (χ0n) is 13.9. The minimum atomic E-state index is -4.62. The van der Waals surface area contributed by atoms with Crippen molar-refractivity contribution >= 4 is 29.2 Å². The number of hydrogen-bond donors (Lipinski definition) is 0. The average molecular weight is 402 g/mol. The first kappa shape index (κ1) is 19.2. The topological polar surface area (TPSA) is 36.7 Å². The van der Waals surface area contributed by atoms with Crippen molar-refractivity contribution in [3.8, 4) is 16.6 Å². The molecular weight excluding hydrogens is 389 g/mol. The Kier molecular flexibility index (Phi) is 5.99. The van der Waals surface area contributed by atoms with E-state index in [4.69, 9.17) is 0 Å². The molecule has 0 radical (unpaired) electrons. The van der Waals surface area contributed by atoms with Crippen LogP contribution in [0.1, 0.15) is 16.7 Å². The van der Waals surface area contributed by atoms with Gasteiger partial charge in [0.25, 0.3) is 0 Å². The van der Waals surface area contributed by atoms with Crippen molar-refractivity contribution in [2.75, 3.05) is 5.75 Å². The van der Waals surface area contributed by atoms with Crippen LogP contribution in [0, 0.1) is 11.3 Å². The van der Waals surface area contributed by atoms with Crippen molar-refractivity contribution < 1.29 is 13.2 Å². The average Bonchev–Trinajstić information content (AvgIpc) is 3.19. The molecule has 2 nitrogen and oxygen atoms in total. The molecule has 0 aliphatic carbocycles. The smallest absolute Gasteiger partial charge is 0.239 e. The van der Waals surface area contributed by atoms with Gasteiger partial charge in [0.2, 0.25) is 0 Å². The lowest BCUT2D eigenvalue weighted by Crippen LogP contribution is -2.10. The highest BCUT2D eigenvalue weighted by atomic mass is 32.2. The quantitative estimate of drug-likeness (QED) is 0.457. The molecule has 0 unspecified atom stereocenters. The lowest BCUT2D eigenvalue weighted by atomic mass is 10.1. The summed E-state index contributed by atoms with van der Waals surface area (Å²) < 4.78 is 40.3. The molecule has 27 heavy (non-hydrogen) atoms. The van der Waals surface area contributed by atoms with E-state index in [2.05, 4.69) is 4.98 Å². The number of nitriles is 1. The SMILES string of the molecule is N#Cc1c(C(F)(F)F)cc(-c2cccs2)nc1SCC=Cc1ccccc1. The van der Waals surface area contributed by atoms with Crippen molar-refractivity contribution in [1.82, 2.24) is 4.98 Å². The molecule has 2 aromatic heterocycles. The van der Waals surface area contributed by atoms with Gasteiger partial charge in [-0.3, -0.25) is 0 Å². The Morgan fingerprint density at radius 2 is 1.93 bits per heavy atom. The molecule has 1 aromatic carbocycles. The third-order valence-corrected chi connectivity index (χ3v) is 5.42. The molecule has 0 bridgehead atoms. The summed E-state index contributed by atoms with van der Waals surface area (Å²) in [6.45, 7) is 0. The van der Waals surface area contributed by atoms with Gasteiger partial charge in [0.05, 0.1) is 21.7 Å². The summed E-state index contributed by atoms with van der Waals surface area (Å²) >= 11 is 2.42. The lowest BCUT2D eigenvalue weighted by molar-refractivity contribution is -0.138. The van der Waals surface area contributed by atoms with Gasteiger partial charge in [0.15, 0.2) is 0 Å². The number of hydrogen-bond acceptors (Lipinski definition) is 4. The number of rotatable bonds is 5. The fourth-order valence-corrected chi connectivity index (χ4v) is 3.88. The molecule has 0 saturated carbocycles.